The average molecular weight is 199 g/mol. The van der Waals surface area contributed by atoms with E-state index in [9.17, 15) is 4.79 Å². The number of allylic oxidation sites excluding steroid dienone is 1. The van der Waals surface area contributed by atoms with Crippen LogP contribution in [0.5, 0.6) is 0 Å². The molecule has 15 heavy (non-hydrogen) atoms. The monoisotopic (exact) mass is 199 g/mol. The van der Waals surface area contributed by atoms with Gasteiger partial charge in [0.15, 0.2) is 0 Å². The van der Waals surface area contributed by atoms with E-state index in [0.717, 1.165) is 17.4 Å². The Labute approximate surface area is 88.8 Å². The Kier molecular flexibility index (Phi) is 2.42. The Hall–Kier alpha value is -1.83. The molecule has 0 aliphatic heterocycles. The van der Waals surface area contributed by atoms with Crippen molar-refractivity contribution in [1.82, 2.24) is 4.57 Å². The van der Waals surface area contributed by atoms with Crippen molar-refractivity contribution in [2.75, 3.05) is 0 Å². The first kappa shape index (κ1) is 9.71. The number of rotatable bonds is 2. The van der Waals surface area contributed by atoms with Gasteiger partial charge < -0.3 is 4.57 Å². The third kappa shape index (κ3) is 1.71. The Morgan fingerprint density at radius 1 is 1.33 bits per heavy atom. The predicted molar refractivity (Wildman–Crippen MR) is 62.6 cm³/mol. The number of para-hydroxylation sites is 1. The van der Waals surface area contributed by atoms with Gasteiger partial charge in [0, 0.05) is 29.7 Å². The molecule has 1 aromatic carbocycles. The molecule has 0 spiro atoms. The first-order valence-corrected chi connectivity index (χ1v) is 4.90. The molecule has 2 nitrogen and oxygen atoms in total. The number of aryl methyl sites for hydroxylation is 1. The summed E-state index contributed by atoms with van der Waals surface area (Å²) in [5.41, 5.74) is 3.02. The lowest BCUT2D eigenvalue weighted by atomic mass is 10.1. The van der Waals surface area contributed by atoms with Crippen LogP contribution in [0.15, 0.2) is 36.0 Å². The molecular weight excluding hydrogens is 186 g/mol. The quantitative estimate of drug-likeness (QED) is 0.538. The van der Waals surface area contributed by atoms with Crippen LogP contribution in [0.3, 0.4) is 0 Å². The van der Waals surface area contributed by atoms with E-state index < -0.39 is 0 Å². The second kappa shape index (κ2) is 3.73. The van der Waals surface area contributed by atoms with Crippen molar-refractivity contribution in [2.24, 2.45) is 7.05 Å². The van der Waals surface area contributed by atoms with Crippen molar-refractivity contribution in [2.45, 2.75) is 6.92 Å². The molecule has 0 radical (unpaired) electrons. The van der Waals surface area contributed by atoms with Gasteiger partial charge >= 0.3 is 0 Å². The Bertz CT molecular complexity index is 534. The van der Waals surface area contributed by atoms with E-state index in [2.05, 4.69) is 16.7 Å². The minimum absolute atomic E-state index is 0.742. The number of hydrogen-bond donors (Lipinski definition) is 0. The van der Waals surface area contributed by atoms with Crippen LogP contribution in [0.4, 0.5) is 0 Å². The minimum Gasteiger partial charge on any atom is -0.350 e. The minimum atomic E-state index is 0.742. The molecule has 0 fully saturated rings. The molecule has 0 bridgehead atoms. The molecule has 2 rings (SSSR count). The zero-order chi connectivity index (χ0) is 10.8. The standard InChI is InChI=1S/C13H13NO/c1-10(9-15)7-11-8-14(2)13-6-4-3-5-12(11)13/h3-9H,1-2H3/b10-7-. The Balaban J connectivity index is 2.67. The average Bonchev–Trinajstić information content (AvgIpc) is 2.57. The molecular formula is C13H13NO. The maximum absolute atomic E-state index is 10.6. The van der Waals surface area contributed by atoms with Crippen molar-refractivity contribution >= 4 is 23.3 Å². The molecule has 0 saturated heterocycles. The number of aromatic nitrogens is 1. The van der Waals surface area contributed by atoms with Gasteiger partial charge in [-0.2, -0.15) is 0 Å². The number of carbonyl (C=O) groups is 1. The summed E-state index contributed by atoms with van der Waals surface area (Å²) < 4.78 is 2.07. The van der Waals surface area contributed by atoms with Gasteiger partial charge in [-0.15, -0.1) is 0 Å². The highest BCUT2D eigenvalue weighted by Crippen LogP contribution is 2.22. The van der Waals surface area contributed by atoms with E-state index in [4.69, 9.17) is 0 Å². The maximum atomic E-state index is 10.6. The second-order valence-corrected chi connectivity index (χ2v) is 3.72. The van der Waals surface area contributed by atoms with Crippen LogP contribution in [0.2, 0.25) is 0 Å². The highest BCUT2D eigenvalue weighted by Gasteiger charge is 2.02. The van der Waals surface area contributed by atoms with E-state index in [-0.39, 0.29) is 0 Å². The van der Waals surface area contributed by atoms with E-state index in [1.54, 1.807) is 0 Å². The molecule has 0 aliphatic carbocycles. The van der Waals surface area contributed by atoms with Gasteiger partial charge in [-0.25, -0.2) is 0 Å². The lowest BCUT2D eigenvalue weighted by molar-refractivity contribution is -0.104. The van der Waals surface area contributed by atoms with Crippen molar-refractivity contribution in [3.63, 3.8) is 0 Å². The van der Waals surface area contributed by atoms with Gasteiger partial charge in [0.1, 0.15) is 6.29 Å². The van der Waals surface area contributed by atoms with E-state index >= 15 is 0 Å². The smallest absolute Gasteiger partial charge is 0.145 e. The molecule has 0 amide bonds. The van der Waals surface area contributed by atoms with Crippen LogP contribution >= 0.6 is 0 Å². The highest BCUT2D eigenvalue weighted by molar-refractivity contribution is 5.93. The van der Waals surface area contributed by atoms with Gasteiger partial charge in [0.05, 0.1) is 0 Å². The Morgan fingerprint density at radius 2 is 2.07 bits per heavy atom. The topological polar surface area (TPSA) is 22.0 Å². The molecule has 2 heteroatoms. The first-order chi connectivity index (χ1) is 7.22. The number of aldehydes is 1. The molecule has 76 valence electrons. The van der Waals surface area contributed by atoms with Gasteiger partial charge in [-0.3, -0.25) is 4.79 Å². The molecule has 0 N–H and O–H groups in total. The zero-order valence-electron chi connectivity index (χ0n) is 8.90. The number of hydrogen-bond acceptors (Lipinski definition) is 1. The molecule has 1 heterocycles. The van der Waals surface area contributed by atoms with E-state index in [1.165, 1.54) is 10.9 Å². The van der Waals surface area contributed by atoms with Gasteiger partial charge in [-0.1, -0.05) is 18.2 Å². The summed E-state index contributed by atoms with van der Waals surface area (Å²) in [4.78, 5) is 10.6. The lowest BCUT2D eigenvalue weighted by Gasteiger charge is -1.93. The lowest BCUT2D eigenvalue weighted by Crippen LogP contribution is -1.81. The second-order valence-electron chi connectivity index (χ2n) is 3.72. The first-order valence-electron chi connectivity index (χ1n) is 4.90. The fourth-order valence-electron chi connectivity index (χ4n) is 1.77. The number of benzene rings is 1. The fourth-order valence-corrected chi connectivity index (χ4v) is 1.77. The normalized spacial score (nSPS) is 12.0. The number of nitrogens with zero attached hydrogens (tertiary/aromatic N) is 1. The van der Waals surface area contributed by atoms with Crippen molar-refractivity contribution in [3.05, 3.63) is 41.6 Å². The van der Waals surface area contributed by atoms with Crippen LogP contribution in [0.1, 0.15) is 12.5 Å². The highest BCUT2D eigenvalue weighted by atomic mass is 16.1. The van der Waals surface area contributed by atoms with Crippen molar-refractivity contribution in [3.8, 4) is 0 Å². The number of fused-ring (bicyclic) bond motifs is 1. The summed E-state index contributed by atoms with van der Waals surface area (Å²) in [6.45, 7) is 1.81. The van der Waals surface area contributed by atoms with Crippen molar-refractivity contribution < 1.29 is 4.79 Å². The molecule has 0 atom stereocenters. The zero-order valence-corrected chi connectivity index (χ0v) is 8.90. The third-order valence-corrected chi connectivity index (χ3v) is 2.50. The molecule has 0 saturated carbocycles. The SMILES string of the molecule is C/C(C=O)=C/c1cn(C)c2ccccc12. The summed E-state index contributed by atoms with van der Waals surface area (Å²) in [6, 6.07) is 8.17. The van der Waals surface area contributed by atoms with Crippen LogP contribution < -0.4 is 0 Å². The summed E-state index contributed by atoms with van der Waals surface area (Å²) >= 11 is 0. The van der Waals surface area contributed by atoms with Crippen LogP contribution in [-0.4, -0.2) is 10.9 Å². The van der Waals surface area contributed by atoms with Gasteiger partial charge in [0.2, 0.25) is 0 Å². The van der Waals surface area contributed by atoms with Crippen molar-refractivity contribution in [1.29, 1.82) is 0 Å². The number of carbonyl (C=O) groups excluding carboxylic acids is 1. The molecule has 0 unspecified atom stereocenters. The largest absolute Gasteiger partial charge is 0.350 e. The summed E-state index contributed by atoms with van der Waals surface area (Å²) in [6.07, 6.45) is 4.83. The predicted octanol–water partition coefficient (Wildman–Crippen LogP) is 2.78. The Morgan fingerprint density at radius 3 is 2.80 bits per heavy atom. The van der Waals surface area contributed by atoms with Crippen LogP contribution in [0.25, 0.3) is 17.0 Å². The summed E-state index contributed by atoms with van der Waals surface area (Å²) in [5, 5.41) is 1.18. The third-order valence-electron chi connectivity index (χ3n) is 2.50. The van der Waals surface area contributed by atoms with Crippen LogP contribution in [0, 0.1) is 0 Å². The fraction of sp³-hybridized carbons (Fsp3) is 0.154. The molecule has 1 aromatic heterocycles. The summed E-state index contributed by atoms with van der Waals surface area (Å²) in [5.74, 6) is 0. The molecule has 0 aliphatic rings. The van der Waals surface area contributed by atoms with Gasteiger partial charge in [-0.05, 0) is 24.6 Å². The van der Waals surface area contributed by atoms with E-state index in [0.29, 0.717) is 0 Å². The molecule has 2 aromatic rings. The van der Waals surface area contributed by atoms with E-state index in [1.807, 2.05) is 38.4 Å². The van der Waals surface area contributed by atoms with Gasteiger partial charge in [0.25, 0.3) is 0 Å². The summed E-state index contributed by atoms with van der Waals surface area (Å²) in [7, 11) is 2.01. The van der Waals surface area contributed by atoms with Crippen LogP contribution in [-0.2, 0) is 11.8 Å². The maximum Gasteiger partial charge on any atom is 0.145 e.